The standard InChI is InChI=1S/C11H16N2S/c1-10(11-6-5-9-14-11)13-8-4-2-3-7-12/h5-6,9-10,13H,2-4,8H2,1H3/t10-/m1/s1. The van der Waals surface area contributed by atoms with Gasteiger partial charge in [0.1, 0.15) is 0 Å². The molecule has 0 spiro atoms. The summed E-state index contributed by atoms with van der Waals surface area (Å²) in [6, 6.07) is 6.83. The smallest absolute Gasteiger partial charge is 0.0621 e. The van der Waals surface area contributed by atoms with Gasteiger partial charge in [0.2, 0.25) is 0 Å². The molecule has 0 fully saturated rings. The van der Waals surface area contributed by atoms with Gasteiger partial charge in [-0.3, -0.25) is 0 Å². The molecule has 0 aliphatic carbocycles. The van der Waals surface area contributed by atoms with Gasteiger partial charge in [0.25, 0.3) is 0 Å². The largest absolute Gasteiger partial charge is 0.309 e. The van der Waals surface area contributed by atoms with Crippen molar-refractivity contribution in [2.45, 2.75) is 32.2 Å². The van der Waals surface area contributed by atoms with Crippen molar-refractivity contribution in [1.29, 1.82) is 5.26 Å². The van der Waals surface area contributed by atoms with E-state index >= 15 is 0 Å². The molecule has 0 aliphatic rings. The molecule has 0 unspecified atom stereocenters. The van der Waals surface area contributed by atoms with Crippen LogP contribution in [0.4, 0.5) is 0 Å². The van der Waals surface area contributed by atoms with E-state index in [1.165, 1.54) is 4.88 Å². The molecule has 0 amide bonds. The minimum Gasteiger partial charge on any atom is -0.309 e. The Balaban J connectivity index is 2.10. The van der Waals surface area contributed by atoms with E-state index in [0.29, 0.717) is 12.5 Å². The topological polar surface area (TPSA) is 35.8 Å². The number of hydrogen-bond donors (Lipinski definition) is 1. The summed E-state index contributed by atoms with van der Waals surface area (Å²) >= 11 is 1.78. The fraction of sp³-hybridized carbons (Fsp3) is 0.545. The maximum absolute atomic E-state index is 8.36. The highest BCUT2D eigenvalue weighted by Crippen LogP contribution is 2.17. The lowest BCUT2D eigenvalue weighted by molar-refractivity contribution is 0.555. The molecule has 1 heterocycles. The molecule has 0 radical (unpaired) electrons. The van der Waals surface area contributed by atoms with Crippen LogP contribution in [0.1, 0.15) is 37.1 Å². The van der Waals surface area contributed by atoms with E-state index in [2.05, 4.69) is 35.8 Å². The first kappa shape index (κ1) is 11.2. The van der Waals surface area contributed by atoms with Crippen LogP contribution in [0.5, 0.6) is 0 Å². The Kier molecular flexibility index (Phi) is 5.28. The van der Waals surface area contributed by atoms with E-state index in [-0.39, 0.29) is 0 Å². The van der Waals surface area contributed by atoms with Gasteiger partial charge in [-0.05, 0) is 37.8 Å². The third-order valence-corrected chi connectivity index (χ3v) is 3.19. The van der Waals surface area contributed by atoms with E-state index in [4.69, 9.17) is 5.26 Å². The summed E-state index contributed by atoms with van der Waals surface area (Å²) in [5.74, 6) is 0. The van der Waals surface area contributed by atoms with Gasteiger partial charge in [-0.1, -0.05) is 6.07 Å². The van der Waals surface area contributed by atoms with E-state index in [0.717, 1.165) is 19.4 Å². The van der Waals surface area contributed by atoms with Crippen molar-refractivity contribution in [2.24, 2.45) is 0 Å². The molecule has 3 heteroatoms. The summed E-state index contributed by atoms with van der Waals surface area (Å²) in [5, 5.41) is 13.9. The molecule has 1 atom stereocenters. The normalized spacial score (nSPS) is 12.3. The molecule has 1 aromatic rings. The fourth-order valence-electron chi connectivity index (χ4n) is 1.29. The SMILES string of the molecule is C[C@@H](NCCCCC#N)c1cccs1. The maximum Gasteiger partial charge on any atom is 0.0621 e. The molecule has 14 heavy (non-hydrogen) atoms. The molecule has 76 valence electrons. The summed E-state index contributed by atoms with van der Waals surface area (Å²) in [5.41, 5.74) is 0. The van der Waals surface area contributed by atoms with Gasteiger partial charge in [0, 0.05) is 17.3 Å². The van der Waals surface area contributed by atoms with Crippen LogP contribution in [-0.4, -0.2) is 6.54 Å². The van der Waals surface area contributed by atoms with Crippen LogP contribution >= 0.6 is 11.3 Å². The van der Waals surface area contributed by atoms with Gasteiger partial charge in [-0.2, -0.15) is 5.26 Å². The van der Waals surface area contributed by atoms with Crippen LogP contribution in [0.15, 0.2) is 17.5 Å². The quantitative estimate of drug-likeness (QED) is 0.729. The van der Waals surface area contributed by atoms with Crippen LogP contribution in [0.25, 0.3) is 0 Å². The summed E-state index contributed by atoms with van der Waals surface area (Å²) in [7, 11) is 0. The van der Waals surface area contributed by atoms with Crippen molar-refractivity contribution in [3.8, 4) is 6.07 Å². The minimum absolute atomic E-state index is 0.442. The summed E-state index contributed by atoms with van der Waals surface area (Å²) < 4.78 is 0. The highest BCUT2D eigenvalue weighted by molar-refractivity contribution is 7.10. The average molecular weight is 208 g/mol. The van der Waals surface area contributed by atoms with E-state index < -0.39 is 0 Å². The Morgan fingerprint density at radius 1 is 1.57 bits per heavy atom. The molecule has 0 aromatic carbocycles. The van der Waals surface area contributed by atoms with E-state index in [1.807, 2.05) is 0 Å². The fourth-order valence-corrected chi connectivity index (χ4v) is 2.04. The van der Waals surface area contributed by atoms with Gasteiger partial charge < -0.3 is 5.32 Å². The highest BCUT2D eigenvalue weighted by atomic mass is 32.1. The van der Waals surface area contributed by atoms with E-state index in [9.17, 15) is 0 Å². The first-order valence-corrected chi connectivity index (χ1v) is 5.86. The summed E-state index contributed by atoms with van der Waals surface area (Å²) in [4.78, 5) is 1.38. The van der Waals surface area contributed by atoms with Crippen molar-refractivity contribution < 1.29 is 0 Å². The Labute approximate surface area is 89.6 Å². The van der Waals surface area contributed by atoms with Gasteiger partial charge in [0.15, 0.2) is 0 Å². The molecular weight excluding hydrogens is 192 g/mol. The number of nitrogens with zero attached hydrogens (tertiary/aromatic N) is 1. The van der Waals surface area contributed by atoms with E-state index in [1.54, 1.807) is 11.3 Å². The van der Waals surface area contributed by atoms with Gasteiger partial charge in [-0.25, -0.2) is 0 Å². The number of nitriles is 1. The van der Waals surface area contributed by atoms with Crippen LogP contribution in [-0.2, 0) is 0 Å². The molecule has 1 aromatic heterocycles. The zero-order valence-electron chi connectivity index (χ0n) is 8.49. The Hall–Kier alpha value is -0.850. The third kappa shape index (κ3) is 3.91. The molecule has 0 saturated heterocycles. The van der Waals surface area contributed by atoms with Crippen LogP contribution in [0, 0.1) is 11.3 Å². The summed E-state index contributed by atoms with van der Waals surface area (Å²) in [6.45, 7) is 3.18. The number of nitrogens with one attached hydrogen (secondary N) is 1. The second-order valence-corrected chi connectivity index (χ2v) is 4.29. The zero-order chi connectivity index (χ0) is 10.2. The van der Waals surface area contributed by atoms with Gasteiger partial charge in [-0.15, -0.1) is 11.3 Å². The van der Waals surface area contributed by atoms with Crippen molar-refractivity contribution in [1.82, 2.24) is 5.32 Å². The highest BCUT2D eigenvalue weighted by Gasteiger charge is 2.03. The number of unbranched alkanes of at least 4 members (excludes halogenated alkanes) is 2. The maximum atomic E-state index is 8.36. The lowest BCUT2D eigenvalue weighted by atomic mass is 10.2. The second kappa shape index (κ2) is 6.58. The molecule has 0 saturated carbocycles. The van der Waals surface area contributed by atoms with Crippen LogP contribution < -0.4 is 5.32 Å². The predicted octanol–water partition coefficient (Wildman–Crippen LogP) is 3.09. The van der Waals surface area contributed by atoms with Crippen molar-refractivity contribution in [3.63, 3.8) is 0 Å². The van der Waals surface area contributed by atoms with Crippen LogP contribution in [0.3, 0.4) is 0 Å². The van der Waals surface area contributed by atoms with Gasteiger partial charge in [0.05, 0.1) is 6.07 Å². The molecular formula is C11H16N2S. The number of thiophene rings is 1. The van der Waals surface area contributed by atoms with Gasteiger partial charge >= 0.3 is 0 Å². The monoisotopic (exact) mass is 208 g/mol. The Morgan fingerprint density at radius 3 is 3.07 bits per heavy atom. The molecule has 1 rings (SSSR count). The third-order valence-electron chi connectivity index (χ3n) is 2.14. The number of hydrogen-bond acceptors (Lipinski definition) is 3. The summed E-state index contributed by atoms with van der Waals surface area (Å²) in [6.07, 6.45) is 2.76. The van der Waals surface area contributed by atoms with Crippen molar-refractivity contribution >= 4 is 11.3 Å². The number of rotatable bonds is 6. The molecule has 0 bridgehead atoms. The lowest BCUT2D eigenvalue weighted by Crippen LogP contribution is -2.18. The first-order chi connectivity index (χ1) is 6.84. The lowest BCUT2D eigenvalue weighted by Gasteiger charge is -2.11. The molecule has 1 N–H and O–H groups in total. The first-order valence-electron chi connectivity index (χ1n) is 4.98. The second-order valence-electron chi connectivity index (χ2n) is 3.31. The minimum atomic E-state index is 0.442. The Morgan fingerprint density at radius 2 is 2.43 bits per heavy atom. The van der Waals surface area contributed by atoms with Crippen molar-refractivity contribution in [2.75, 3.05) is 6.54 Å². The zero-order valence-corrected chi connectivity index (χ0v) is 9.31. The average Bonchev–Trinajstić information content (AvgIpc) is 2.70. The molecule has 0 aliphatic heterocycles. The predicted molar refractivity (Wildman–Crippen MR) is 60.2 cm³/mol. The van der Waals surface area contributed by atoms with Crippen molar-refractivity contribution in [3.05, 3.63) is 22.4 Å². The van der Waals surface area contributed by atoms with Crippen LogP contribution in [0.2, 0.25) is 0 Å². The Bertz CT molecular complexity index is 274. The molecule has 2 nitrogen and oxygen atoms in total.